The van der Waals surface area contributed by atoms with Gasteiger partial charge in [-0.2, -0.15) is 0 Å². The van der Waals surface area contributed by atoms with E-state index in [2.05, 4.69) is 67.2 Å². The highest BCUT2D eigenvalue weighted by Gasteiger charge is 2.47. The van der Waals surface area contributed by atoms with E-state index in [0.717, 1.165) is 57.6 Å². The van der Waals surface area contributed by atoms with Crippen LogP contribution in [0.1, 0.15) is 68.0 Å². The molecule has 52 heavy (non-hydrogen) atoms. The van der Waals surface area contributed by atoms with Gasteiger partial charge in [0.25, 0.3) is 0 Å². The van der Waals surface area contributed by atoms with Crippen molar-refractivity contribution in [2.75, 3.05) is 65.6 Å². The van der Waals surface area contributed by atoms with Gasteiger partial charge in [0.05, 0.1) is 30.9 Å². The van der Waals surface area contributed by atoms with Gasteiger partial charge in [-0.3, -0.25) is 15.1 Å². The molecule has 2 aromatic heterocycles. The van der Waals surface area contributed by atoms with Crippen LogP contribution in [-0.4, -0.2) is 126 Å². The van der Waals surface area contributed by atoms with E-state index < -0.39 is 11.5 Å². The third kappa shape index (κ3) is 7.26. The maximum atomic E-state index is 14.1. The van der Waals surface area contributed by atoms with Crippen molar-refractivity contribution >= 4 is 45.5 Å². The molecule has 12 nitrogen and oxygen atoms in total. The van der Waals surface area contributed by atoms with E-state index in [1.165, 1.54) is 11.1 Å². The van der Waals surface area contributed by atoms with Crippen LogP contribution in [0.15, 0.2) is 29.3 Å². The minimum Gasteiger partial charge on any atom is -0.450 e. The number of hydrogen-bond donors (Lipinski definition) is 2. The van der Waals surface area contributed by atoms with Crippen LogP contribution in [0.5, 0.6) is 0 Å². The van der Waals surface area contributed by atoms with Crippen LogP contribution in [0.3, 0.4) is 0 Å². The lowest BCUT2D eigenvalue weighted by Gasteiger charge is -2.39. The predicted octanol–water partition coefficient (Wildman–Crippen LogP) is 5.66. The van der Waals surface area contributed by atoms with Crippen LogP contribution in [0.4, 0.5) is 9.59 Å². The van der Waals surface area contributed by atoms with Gasteiger partial charge >= 0.3 is 12.1 Å². The smallest absolute Gasteiger partial charge is 0.413 e. The minimum atomic E-state index is -0.632. The molecule has 4 amide bonds. The lowest BCUT2D eigenvalue weighted by Crippen LogP contribution is -2.57. The van der Waals surface area contributed by atoms with Crippen molar-refractivity contribution in [3.05, 3.63) is 45.8 Å². The third-order valence-corrected chi connectivity index (χ3v) is 12.6. The number of rotatable bonds is 7. The molecule has 13 heteroatoms. The summed E-state index contributed by atoms with van der Waals surface area (Å²) in [4.78, 5) is 58.7. The van der Waals surface area contributed by atoms with E-state index in [-0.39, 0.29) is 18.5 Å². The Bertz CT molecular complexity index is 1790. The van der Waals surface area contributed by atoms with E-state index in [1.54, 1.807) is 18.3 Å². The van der Waals surface area contributed by atoms with Crippen LogP contribution < -0.4 is 5.32 Å². The van der Waals surface area contributed by atoms with Crippen molar-refractivity contribution in [2.24, 2.45) is 4.99 Å². The van der Waals surface area contributed by atoms with Crippen molar-refractivity contribution in [1.29, 1.82) is 0 Å². The Morgan fingerprint density at radius 2 is 1.54 bits per heavy atom. The molecule has 4 aliphatic heterocycles. The van der Waals surface area contributed by atoms with Gasteiger partial charge in [-0.1, -0.05) is 17.2 Å². The number of aliphatic imine (C=N–C) groups is 1. The van der Waals surface area contributed by atoms with Gasteiger partial charge in [-0.15, -0.1) is 11.3 Å². The van der Waals surface area contributed by atoms with Crippen molar-refractivity contribution < 1.29 is 23.9 Å². The Balaban J connectivity index is 1.14. The number of nitrogens with zero attached hydrogens (tertiary/aromatic N) is 5. The van der Waals surface area contributed by atoms with Crippen molar-refractivity contribution in [2.45, 2.75) is 84.2 Å². The van der Waals surface area contributed by atoms with E-state index in [9.17, 15) is 14.4 Å². The number of carbonyl (C=O) groups is 3. The number of thiophene rings is 1. The Labute approximate surface area is 310 Å². The molecule has 0 atom stereocenters. The van der Waals surface area contributed by atoms with Gasteiger partial charge < -0.3 is 34.1 Å². The second kappa shape index (κ2) is 15.1. The maximum absolute atomic E-state index is 14.1. The number of alkyl carbamates (subject to hydrolysis) is 1. The summed E-state index contributed by atoms with van der Waals surface area (Å²) < 4.78 is 10.7. The number of morpholine rings is 1. The molecule has 280 valence electrons. The molecular weight excluding hydrogens is 679 g/mol. The third-order valence-electron chi connectivity index (χ3n) is 11.2. The molecule has 0 radical (unpaired) electrons. The average molecular weight is 732 g/mol. The summed E-state index contributed by atoms with van der Waals surface area (Å²) in [5, 5.41) is 4.00. The molecule has 0 aliphatic carbocycles. The predicted molar refractivity (Wildman–Crippen MR) is 204 cm³/mol. The Hall–Kier alpha value is -4.10. The molecule has 4 aliphatic rings. The van der Waals surface area contributed by atoms with E-state index in [1.807, 2.05) is 14.7 Å². The fourth-order valence-corrected chi connectivity index (χ4v) is 9.64. The summed E-state index contributed by atoms with van der Waals surface area (Å²) in [5.74, 6) is 0.693. The molecule has 3 aromatic rings. The van der Waals surface area contributed by atoms with Crippen LogP contribution in [0.2, 0.25) is 0 Å². The topological polar surface area (TPSA) is 123 Å². The number of ether oxygens (including phenoxy) is 2. The van der Waals surface area contributed by atoms with Crippen LogP contribution in [0.25, 0.3) is 21.5 Å². The van der Waals surface area contributed by atoms with Gasteiger partial charge in [-0.25, -0.2) is 9.59 Å². The number of piperazine rings is 1. The highest BCUT2D eigenvalue weighted by molar-refractivity contribution is 7.19. The lowest BCUT2D eigenvalue weighted by atomic mass is 9.88. The second-order valence-corrected chi connectivity index (χ2v) is 16.2. The number of guanidine groups is 1. The molecule has 2 N–H and O–H groups in total. The van der Waals surface area contributed by atoms with Crippen LogP contribution in [-0.2, 0) is 26.1 Å². The summed E-state index contributed by atoms with van der Waals surface area (Å²) >= 11 is 1.68. The summed E-state index contributed by atoms with van der Waals surface area (Å²) in [6.45, 7) is 15.3. The highest BCUT2D eigenvalue weighted by atomic mass is 32.1. The number of nitrogens with one attached hydrogen (secondary N) is 2. The molecule has 4 fully saturated rings. The first-order chi connectivity index (χ1) is 25.0. The number of aryl methyl sites for hydroxylation is 2. The first-order valence-corrected chi connectivity index (χ1v) is 19.8. The molecule has 0 unspecified atom stereocenters. The zero-order valence-electron chi connectivity index (χ0n) is 31.3. The van der Waals surface area contributed by atoms with Crippen LogP contribution in [0, 0.1) is 13.8 Å². The minimum absolute atomic E-state index is 0.0305. The zero-order chi connectivity index (χ0) is 36.6. The lowest BCUT2D eigenvalue weighted by molar-refractivity contribution is -0.137. The Morgan fingerprint density at radius 3 is 2.17 bits per heavy atom. The molecule has 2 bridgehead atoms. The summed E-state index contributed by atoms with van der Waals surface area (Å²) in [6, 6.07) is 9.62. The van der Waals surface area contributed by atoms with Crippen molar-refractivity contribution in [3.63, 3.8) is 0 Å². The van der Waals surface area contributed by atoms with Gasteiger partial charge in [-0.05, 0) is 96.0 Å². The molecule has 7 rings (SSSR count). The summed E-state index contributed by atoms with van der Waals surface area (Å²) in [7, 11) is 0. The van der Waals surface area contributed by atoms with Crippen molar-refractivity contribution in [3.8, 4) is 11.3 Å². The number of aromatic nitrogens is 1. The normalized spacial score (nSPS) is 21.0. The van der Waals surface area contributed by atoms with E-state index in [4.69, 9.17) is 14.5 Å². The quantitative estimate of drug-likeness (QED) is 0.239. The largest absolute Gasteiger partial charge is 0.450 e. The van der Waals surface area contributed by atoms with Gasteiger partial charge in [0.2, 0.25) is 11.9 Å². The van der Waals surface area contributed by atoms with Crippen molar-refractivity contribution in [1.82, 2.24) is 29.9 Å². The molecule has 0 saturated carbocycles. The monoisotopic (exact) mass is 731 g/mol. The molecule has 0 spiro atoms. The first kappa shape index (κ1) is 36.3. The fraction of sp³-hybridized carbons (Fsp3) is 0.590. The number of fused-ring (bicyclic) bond motifs is 3. The number of hydrogen-bond acceptors (Lipinski definition) is 7. The van der Waals surface area contributed by atoms with E-state index >= 15 is 0 Å². The molecule has 6 heterocycles. The van der Waals surface area contributed by atoms with Gasteiger partial charge in [0, 0.05) is 68.2 Å². The first-order valence-electron chi connectivity index (χ1n) is 18.9. The molecule has 1 aromatic carbocycles. The van der Waals surface area contributed by atoms with Gasteiger partial charge in [0.15, 0.2) is 0 Å². The summed E-state index contributed by atoms with van der Waals surface area (Å²) in [5.41, 5.74) is 5.08. The number of benzene rings is 1. The molecular formula is C39H53N7O5S. The van der Waals surface area contributed by atoms with E-state index in [0.29, 0.717) is 83.5 Å². The summed E-state index contributed by atoms with van der Waals surface area (Å²) in [6.07, 6.45) is 4.56. The Morgan fingerprint density at radius 1 is 0.923 bits per heavy atom. The second-order valence-electron chi connectivity index (χ2n) is 15.2. The number of urea groups is 1. The maximum Gasteiger partial charge on any atom is 0.413 e. The zero-order valence-corrected chi connectivity index (χ0v) is 32.1. The number of H-pyrrole nitrogens is 1. The SMILES string of the molecule is CCOC(=O)NC(=NCCc1c(-c2cc(C)cc(C)c2)[nH]c2sc(C(C)(C)C(=O)N3C4CCC3CC4)cc12)N1CCN(C(=O)N2CCOCC2)CC1. The standard InChI is InChI=1S/C39H53N7O5S/c1-6-51-37(48)42-36(43-13-15-44(16-14-43)38(49)45-17-19-50-20-18-45)40-12-11-30-31-24-32(39(4,5)35(47)46-28-7-8-29(46)10-9-28)52-34(31)41-33(30)27-22-25(2)21-26(3)23-27/h21-24,28-29,41H,6-20H2,1-5H3,(H,40,42,48). The highest BCUT2D eigenvalue weighted by Crippen LogP contribution is 2.44. The number of aromatic amines is 1. The molecule has 4 saturated heterocycles. The van der Waals surface area contributed by atoms with Crippen LogP contribution >= 0.6 is 11.3 Å². The number of carbonyl (C=O) groups excluding carboxylic acids is 3. The average Bonchev–Trinajstić information content (AvgIpc) is 3.92. The van der Waals surface area contributed by atoms with Gasteiger partial charge in [0.1, 0.15) is 4.83 Å². The fourth-order valence-electron chi connectivity index (χ4n) is 8.45. The Kier molecular flexibility index (Phi) is 10.5. The number of amides is 4.